The summed E-state index contributed by atoms with van der Waals surface area (Å²) in [6.07, 6.45) is -0.113. The third-order valence-electron chi connectivity index (χ3n) is 4.06. The van der Waals surface area contributed by atoms with Crippen molar-refractivity contribution >= 4 is 35.8 Å². The lowest BCUT2D eigenvalue weighted by Crippen LogP contribution is -2.46. The summed E-state index contributed by atoms with van der Waals surface area (Å²) in [7, 11) is 3.50. The minimum Gasteiger partial charge on any atom is -0.497 e. The summed E-state index contributed by atoms with van der Waals surface area (Å²) < 4.78 is 11.1. The predicted molar refractivity (Wildman–Crippen MR) is 125 cm³/mol. The quantitative estimate of drug-likeness (QED) is 0.301. The molecule has 1 rings (SSSR count). The van der Waals surface area contributed by atoms with Gasteiger partial charge in [0.1, 0.15) is 17.6 Å². The fraction of sp³-hybridized carbons (Fsp3) is 0.600. The lowest BCUT2D eigenvalue weighted by Gasteiger charge is -2.26. The van der Waals surface area contributed by atoms with E-state index in [1.807, 2.05) is 68.8 Å². The van der Waals surface area contributed by atoms with Crippen molar-refractivity contribution in [3.8, 4) is 11.5 Å². The smallest absolute Gasteiger partial charge is 0.242 e. The zero-order valence-corrected chi connectivity index (χ0v) is 20.2. The maximum Gasteiger partial charge on any atom is 0.242 e. The Morgan fingerprint density at radius 2 is 1.86 bits per heavy atom. The summed E-state index contributed by atoms with van der Waals surface area (Å²) in [4.78, 5) is 20.6. The fourth-order valence-corrected chi connectivity index (χ4v) is 2.58. The molecule has 0 fully saturated rings. The number of benzene rings is 1. The number of rotatable bonds is 10. The first-order chi connectivity index (χ1) is 12.9. The highest BCUT2D eigenvalue weighted by Gasteiger charge is 2.15. The van der Waals surface area contributed by atoms with E-state index in [2.05, 4.69) is 10.3 Å². The van der Waals surface area contributed by atoms with Crippen molar-refractivity contribution in [2.45, 2.75) is 33.8 Å². The number of likely N-dealkylation sites (N-methyl/N-ethyl adjacent to an activating group) is 2. The number of hydrogen-bond donors (Lipinski definition) is 1. The Balaban J connectivity index is 0.00000729. The lowest BCUT2D eigenvalue weighted by molar-refractivity contribution is -0.131. The van der Waals surface area contributed by atoms with E-state index in [1.54, 1.807) is 7.11 Å². The molecule has 0 bridgehead atoms. The van der Waals surface area contributed by atoms with Gasteiger partial charge in [-0.1, -0.05) is 6.07 Å². The van der Waals surface area contributed by atoms with Crippen LogP contribution in [0.1, 0.15) is 27.7 Å². The van der Waals surface area contributed by atoms with E-state index in [0.717, 1.165) is 18.0 Å². The number of hydrogen-bond acceptors (Lipinski definition) is 4. The van der Waals surface area contributed by atoms with Crippen molar-refractivity contribution in [3.05, 3.63) is 24.3 Å². The van der Waals surface area contributed by atoms with Gasteiger partial charge in [-0.15, -0.1) is 24.0 Å². The molecule has 8 heteroatoms. The third-order valence-corrected chi connectivity index (χ3v) is 4.06. The maximum absolute atomic E-state index is 12.3. The summed E-state index contributed by atoms with van der Waals surface area (Å²) >= 11 is 0. The van der Waals surface area contributed by atoms with Crippen LogP contribution in [0.25, 0.3) is 0 Å². The van der Waals surface area contributed by atoms with Crippen LogP contribution in [-0.4, -0.2) is 74.7 Å². The summed E-state index contributed by atoms with van der Waals surface area (Å²) in [5.74, 6) is 2.28. The van der Waals surface area contributed by atoms with Crippen LogP contribution in [0.5, 0.6) is 11.5 Å². The van der Waals surface area contributed by atoms with Crippen LogP contribution in [-0.2, 0) is 4.79 Å². The van der Waals surface area contributed by atoms with Gasteiger partial charge < -0.3 is 24.6 Å². The number of nitrogens with zero attached hydrogens (tertiary/aromatic N) is 3. The van der Waals surface area contributed by atoms with E-state index in [-0.39, 0.29) is 36.0 Å². The van der Waals surface area contributed by atoms with Crippen molar-refractivity contribution < 1.29 is 14.3 Å². The largest absolute Gasteiger partial charge is 0.497 e. The minimum absolute atomic E-state index is 0. The summed E-state index contributed by atoms with van der Waals surface area (Å²) in [5, 5.41) is 3.23. The van der Waals surface area contributed by atoms with Crippen molar-refractivity contribution in [1.29, 1.82) is 0 Å². The van der Waals surface area contributed by atoms with Crippen molar-refractivity contribution in [2.24, 2.45) is 4.99 Å². The van der Waals surface area contributed by atoms with E-state index >= 15 is 0 Å². The van der Waals surface area contributed by atoms with Gasteiger partial charge in [-0.25, -0.2) is 4.99 Å². The van der Waals surface area contributed by atoms with Gasteiger partial charge >= 0.3 is 0 Å². The second kappa shape index (κ2) is 14.3. The van der Waals surface area contributed by atoms with Crippen LogP contribution in [0, 0.1) is 0 Å². The molecule has 1 unspecified atom stereocenters. The van der Waals surface area contributed by atoms with Crippen molar-refractivity contribution in [3.63, 3.8) is 0 Å². The molecule has 0 aliphatic carbocycles. The minimum atomic E-state index is -0.113. The van der Waals surface area contributed by atoms with Crippen molar-refractivity contribution in [1.82, 2.24) is 15.1 Å². The van der Waals surface area contributed by atoms with Crippen LogP contribution in [0.2, 0.25) is 0 Å². The Morgan fingerprint density at radius 3 is 2.43 bits per heavy atom. The number of carbonyl (C=O) groups excluding carboxylic acids is 1. The molecule has 0 heterocycles. The van der Waals surface area contributed by atoms with Gasteiger partial charge in [-0.05, 0) is 39.8 Å². The SMILES string of the molecule is CCNC(=NCC(C)Oc1cccc(OC)c1)N(C)CC(=O)N(CC)CC.I. The molecule has 0 spiro atoms. The average Bonchev–Trinajstić information content (AvgIpc) is 2.66. The van der Waals surface area contributed by atoms with Gasteiger partial charge in [0.05, 0.1) is 20.2 Å². The number of guanidine groups is 1. The summed E-state index contributed by atoms with van der Waals surface area (Å²) in [5.41, 5.74) is 0. The van der Waals surface area contributed by atoms with Gasteiger partial charge in [0.25, 0.3) is 0 Å². The number of ether oxygens (including phenoxy) is 2. The van der Waals surface area contributed by atoms with E-state index in [9.17, 15) is 4.79 Å². The monoisotopic (exact) mass is 506 g/mol. The highest BCUT2D eigenvalue weighted by atomic mass is 127. The van der Waals surface area contributed by atoms with Gasteiger partial charge in [0.15, 0.2) is 5.96 Å². The van der Waals surface area contributed by atoms with Crippen LogP contribution >= 0.6 is 24.0 Å². The highest BCUT2D eigenvalue weighted by Crippen LogP contribution is 2.19. The molecule has 0 saturated carbocycles. The number of halogens is 1. The van der Waals surface area contributed by atoms with Crippen LogP contribution in [0.15, 0.2) is 29.3 Å². The number of amides is 1. The predicted octanol–water partition coefficient (Wildman–Crippen LogP) is 2.85. The molecular formula is C20H35IN4O3. The molecule has 7 nitrogen and oxygen atoms in total. The van der Waals surface area contributed by atoms with Gasteiger partial charge in [0, 0.05) is 32.7 Å². The van der Waals surface area contributed by atoms with E-state index in [0.29, 0.717) is 32.1 Å². The second-order valence-corrected chi connectivity index (χ2v) is 6.22. The molecule has 1 aromatic carbocycles. The molecule has 0 aliphatic rings. The Morgan fingerprint density at radius 1 is 1.21 bits per heavy atom. The van der Waals surface area contributed by atoms with E-state index in [4.69, 9.17) is 9.47 Å². The summed E-state index contributed by atoms with van der Waals surface area (Å²) in [6, 6.07) is 7.50. The normalized spacial score (nSPS) is 11.9. The second-order valence-electron chi connectivity index (χ2n) is 6.22. The van der Waals surface area contributed by atoms with Crippen molar-refractivity contribution in [2.75, 3.05) is 46.9 Å². The zero-order chi connectivity index (χ0) is 20.2. The molecule has 1 atom stereocenters. The average molecular weight is 506 g/mol. The molecule has 1 aromatic rings. The zero-order valence-electron chi connectivity index (χ0n) is 17.9. The highest BCUT2D eigenvalue weighted by molar-refractivity contribution is 14.0. The third kappa shape index (κ3) is 8.99. The molecule has 28 heavy (non-hydrogen) atoms. The number of aliphatic imine (C=N–C) groups is 1. The molecule has 0 aromatic heterocycles. The Bertz CT molecular complexity index is 609. The standard InChI is InChI=1S/C20H34N4O3.HI/c1-7-21-20(23(5)15-19(25)24(8-2)9-3)22-14-16(4)27-18-12-10-11-17(13-18)26-6;/h10-13,16H,7-9,14-15H2,1-6H3,(H,21,22);1H. The molecule has 1 N–H and O–H groups in total. The summed E-state index contributed by atoms with van der Waals surface area (Å²) in [6.45, 7) is 10.9. The first-order valence-corrected chi connectivity index (χ1v) is 9.52. The molecule has 0 aliphatic heterocycles. The Labute approximate surface area is 186 Å². The number of carbonyl (C=O) groups is 1. The van der Waals surface area contributed by atoms with Crippen LogP contribution in [0.3, 0.4) is 0 Å². The van der Waals surface area contributed by atoms with E-state index < -0.39 is 0 Å². The molecule has 0 radical (unpaired) electrons. The molecule has 0 saturated heterocycles. The Hall–Kier alpha value is -1.71. The van der Waals surface area contributed by atoms with Crippen LogP contribution in [0.4, 0.5) is 0 Å². The molecule has 1 amide bonds. The molecular weight excluding hydrogens is 471 g/mol. The first-order valence-electron chi connectivity index (χ1n) is 9.52. The number of nitrogens with one attached hydrogen (secondary N) is 1. The maximum atomic E-state index is 12.3. The topological polar surface area (TPSA) is 66.4 Å². The fourth-order valence-electron chi connectivity index (χ4n) is 2.58. The van der Waals surface area contributed by atoms with Gasteiger partial charge in [-0.3, -0.25) is 4.79 Å². The van der Waals surface area contributed by atoms with E-state index in [1.165, 1.54) is 0 Å². The van der Waals surface area contributed by atoms with Gasteiger partial charge in [0.2, 0.25) is 5.91 Å². The number of methoxy groups -OCH3 is 1. The first kappa shape index (κ1) is 26.3. The van der Waals surface area contributed by atoms with Crippen LogP contribution < -0.4 is 14.8 Å². The Kier molecular flexibility index (Phi) is 13.4. The van der Waals surface area contributed by atoms with Gasteiger partial charge in [-0.2, -0.15) is 0 Å². The molecule has 160 valence electrons. The lowest BCUT2D eigenvalue weighted by atomic mass is 10.3.